The summed E-state index contributed by atoms with van der Waals surface area (Å²) in [7, 11) is 1.18. The lowest BCUT2D eigenvalue weighted by molar-refractivity contribution is -0.137. The summed E-state index contributed by atoms with van der Waals surface area (Å²) in [6, 6.07) is 9.18. The normalized spacial score (nSPS) is 11.3. The molecule has 0 aromatic heterocycles. The first-order chi connectivity index (χ1) is 10.4. The molecule has 116 valence electrons. The van der Waals surface area contributed by atoms with Crippen molar-refractivity contribution in [2.45, 2.75) is 12.8 Å². The maximum Gasteiger partial charge on any atom is 0.417 e. The fourth-order valence-electron chi connectivity index (χ4n) is 2.16. The highest BCUT2D eigenvalue weighted by molar-refractivity contribution is 5.91. The summed E-state index contributed by atoms with van der Waals surface area (Å²) < 4.78 is 43.9. The summed E-state index contributed by atoms with van der Waals surface area (Å²) in [5.41, 5.74) is -0.257. The van der Waals surface area contributed by atoms with Gasteiger partial charge < -0.3 is 9.84 Å². The standard InChI is InChI=1S/C16H13F3O3/c1-22-15(21)12-7-10(9-20)6-11(8-12)13-4-2-3-5-14(13)16(17,18)19/h2-8,20H,9H2,1H3. The molecule has 0 aliphatic rings. The van der Waals surface area contributed by atoms with Crippen LogP contribution in [0.5, 0.6) is 0 Å². The van der Waals surface area contributed by atoms with Gasteiger partial charge in [0, 0.05) is 0 Å². The zero-order valence-electron chi connectivity index (χ0n) is 11.6. The van der Waals surface area contributed by atoms with Gasteiger partial charge >= 0.3 is 12.1 Å². The Labute approximate surface area is 125 Å². The second-order valence-electron chi connectivity index (χ2n) is 4.61. The molecule has 1 N–H and O–H groups in total. The average molecular weight is 310 g/mol. The van der Waals surface area contributed by atoms with Crippen LogP contribution in [-0.4, -0.2) is 18.2 Å². The molecule has 0 aliphatic carbocycles. The number of carbonyl (C=O) groups excluding carboxylic acids is 1. The van der Waals surface area contributed by atoms with Gasteiger partial charge in [-0.05, 0) is 41.0 Å². The van der Waals surface area contributed by atoms with Crippen LogP contribution < -0.4 is 0 Å². The van der Waals surface area contributed by atoms with E-state index in [2.05, 4.69) is 4.74 Å². The highest BCUT2D eigenvalue weighted by Crippen LogP contribution is 2.37. The molecule has 0 atom stereocenters. The van der Waals surface area contributed by atoms with E-state index in [9.17, 15) is 23.1 Å². The average Bonchev–Trinajstić information content (AvgIpc) is 2.52. The van der Waals surface area contributed by atoms with E-state index in [1.165, 1.54) is 43.5 Å². The quantitative estimate of drug-likeness (QED) is 0.880. The van der Waals surface area contributed by atoms with E-state index in [0.29, 0.717) is 5.56 Å². The Balaban J connectivity index is 2.65. The third-order valence-corrected chi connectivity index (χ3v) is 3.14. The number of aliphatic hydroxyl groups excluding tert-OH is 1. The summed E-state index contributed by atoms with van der Waals surface area (Å²) in [6.07, 6.45) is -4.52. The highest BCUT2D eigenvalue weighted by atomic mass is 19.4. The predicted octanol–water partition coefficient (Wildman–Crippen LogP) is 3.65. The number of methoxy groups -OCH3 is 1. The summed E-state index contributed by atoms with van der Waals surface area (Å²) >= 11 is 0. The Morgan fingerprint density at radius 3 is 2.45 bits per heavy atom. The number of ether oxygens (including phenoxy) is 1. The van der Waals surface area contributed by atoms with Crippen LogP contribution in [0.4, 0.5) is 13.2 Å². The Morgan fingerprint density at radius 1 is 1.18 bits per heavy atom. The Hall–Kier alpha value is -2.34. The molecular weight excluding hydrogens is 297 g/mol. The molecule has 0 aliphatic heterocycles. The van der Waals surface area contributed by atoms with Gasteiger partial charge in [-0.2, -0.15) is 13.2 Å². The van der Waals surface area contributed by atoms with Crippen molar-refractivity contribution < 1.29 is 27.8 Å². The third-order valence-electron chi connectivity index (χ3n) is 3.14. The van der Waals surface area contributed by atoms with E-state index in [4.69, 9.17) is 0 Å². The zero-order chi connectivity index (χ0) is 16.3. The van der Waals surface area contributed by atoms with Gasteiger partial charge in [0.25, 0.3) is 0 Å². The van der Waals surface area contributed by atoms with E-state index < -0.39 is 24.3 Å². The highest BCUT2D eigenvalue weighted by Gasteiger charge is 2.33. The van der Waals surface area contributed by atoms with Crippen molar-refractivity contribution in [2.75, 3.05) is 7.11 Å². The molecule has 0 fully saturated rings. The van der Waals surface area contributed by atoms with Gasteiger partial charge in [-0.1, -0.05) is 18.2 Å². The van der Waals surface area contributed by atoms with Crippen molar-refractivity contribution in [1.82, 2.24) is 0 Å². The third kappa shape index (κ3) is 3.28. The number of hydrogen-bond donors (Lipinski definition) is 1. The zero-order valence-corrected chi connectivity index (χ0v) is 11.6. The molecule has 0 saturated carbocycles. The molecule has 0 saturated heterocycles. The number of aliphatic hydroxyl groups is 1. The van der Waals surface area contributed by atoms with Crippen molar-refractivity contribution in [3.8, 4) is 11.1 Å². The molecule has 2 aromatic rings. The minimum Gasteiger partial charge on any atom is -0.465 e. The van der Waals surface area contributed by atoms with E-state index >= 15 is 0 Å². The number of alkyl halides is 3. The summed E-state index contributed by atoms with van der Waals surface area (Å²) in [5, 5.41) is 9.24. The van der Waals surface area contributed by atoms with E-state index in [1.54, 1.807) is 0 Å². The van der Waals surface area contributed by atoms with Crippen molar-refractivity contribution in [3.63, 3.8) is 0 Å². The fraction of sp³-hybridized carbons (Fsp3) is 0.188. The molecule has 2 aromatic carbocycles. The number of hydrogen-bond acceptors (Lipinski definition) is 3. The minimum absolute atomic E-state index is 0.0598. The lowest BCUT2D eigenvalue weighted by Crippen LogP contribution is -2.08. The number of esters is 1. The van der Waals surface area contributed by atoms with E-state index in [1.807, 2.05) is 0 Å². The second kappa shape index (κ2) is 6.19. The molecule has 0 amide bonds. The molecule has 6 heteroatoms. The molecule has 0 radical (unpaired) electrons. The van der Waals surface area contributed by atoms with Gasteiger partial charge in [0.2, 0.25) is 0 Å². The van der Waals surface area contributed by atoms with Gasteiger partial charge in [0.15, 0.2) is 0 Å². The van der Waals surface area contributed by atoms with Crippen LogP contribution in [0, 0.1) is 0 Å². The Bertz CT molecular complexity index is 693. The maximum absolute atomic E-state index is 13.1. The van der Waals surface area contributed by atoms with Crippen LogP contribution in [-0.2, 0) is 17.5 Å². The number of halogens is 3. The first-order valence-electron chi connectivity index (χ1n) is 6.36. The largest absolute Gasteiger partial charge is 0.465 e. The van der Waals surface area contributed by atoms with Crippen LogP contribution in [0.3, 0.4) is 0 Å². The lowest BCUT2D eigenvalue weighted by atomic mass is 9.96. The first kappa shape index (κ1) is 16.0. The van der Waals surface area contributed by atoms with E-state index in [0.717, 1.165) is 6.07 Å². The molecule has 0 spiro atoms. The van der Waals surface area contributed by atoms with Crippen LogP contribution in [0.25, 0.3) is 11.1 Å². The topological polar surface area (TPSA) is 46.5 Å². The van der Waals surface area contributed by atoms with Gasteiger partial charge in [0.05, 0.1) is 24.8 Å². The number of benzene rings is 2. The van der Waals surface area contributed by atoms with Crippen LogP contribution in [0.1, 0.15) is 21.5 Å². The molecule has 22 heavy (non-hydrogen) atoms. The smallest absolute Gasteiger partial charge is 0.417 e. The van der Waals surface area contributed by atoms with Crippen LogP contribution in [0.2, 0.25) is 0 Å². The van der Waals surface area contributed by atoms with E-state index in [-0.39, 0.29) is 16.7 Å². The molecule has 2 rings (SSSR count). The minimum atomic E-state index is -4.52. The summed E-state index contributed by atoms with van der Waals surface area (Å²) in [6.45, 7) is -0.397. The monoisotopic (exact) mass is 310 g/mol. The van der Waals surface area contributed by atoms with Gasteiger partial charge in [-0.15, -0.1) is 0 Å². The Kier molecular flexibility index (Phi) is 4.51. The van der Waals surface area contributed by atoms with Crippen molar-refractivity contribution in [2.24, 2.45) is 0 Å². The van der Waals surface area contributed by atoms with Crippen molar-refractivity contribution >= 4 is 5.97 Å². The van der Waals surface area contributed by atoms with Crippen LogP contribution >= 0.6 is 0 Å². The first-order valence-corrected chi connectivity index (χ1v) is 6.36. The maximum atomic E-state index is 13.1. The van der Waals surface area contributed by atoms with Gasteiger partial charge in [0.1, 0.15) is 0 Å². The second-order valence-corrected chi connectivity index (χ2v) is 4.61. The van der Waals surface area contributed by atoms with Gasteiger partial charge in [-0.25, -0.2) is 4.79 Å². The van der Waals surface area contributed by atoms with Crippen molar-refractivity contribution in [3.05, 3.63) is 59.2 Å². The Morgan fingerprint density at radius 2 is 1.86 bits per heavy atom. The predicted molar refractivity (Wildman–Crippen MR) is 74.1 cm³/mol. The molecule has 0 heterocycles. The molecule has 0 unspecified atom stereocenters. The molecular formula is C16H13F3O3. The summed E-state index contributed by atoms with van der Waals surface area (Å²) in [5.74, 6) is -0.680. The van der Waals surface area contributed by atoms with Gasteiger partial charge in [-0.3, -0.25) is 0 Å². The SMILES string of the molecule is COC(=O)c1cc(CO)cc(-c2ccccc2C(F)(F)F)c1. The molecule has 3 nitrogen and oxygen atoms in total. The lowest BCUT2D eigenvalue weighted by Gasteiger charge is -2.14. The summed E-state index contributed by atoms with van der Waals surface area (Å²) in [4.78, 5) is 11.6. The van der Waals surface area contributed by atoms with Crippen LogP contribution in [0.15, 0.2) is 42.5 Å². The fourth-order valence-corrected chi connectivity index (χ4v) is 2.16. The van der Waals surface area contributed by atoms with Crippen molar-refractivity contribution in [1.29, 1.82) is 0 Å². The molecule has 0 bridgehead atoms. The number of carbonyl (C=O) groups is 1. The number of rotatable bonds is 3.